The van der Waals surface area contributed by atoms with Crippen molar-refractivity contribution < 1.29 is 9.90 Å². The van der Waals surface area contributed by atoms with E-state index in [1.165, 1.54) is 6.42 Å². The van der Waals surface area contributed by atoms with Gasteiger partial charge in [0.2, 0.25) is 0 Å². The predicted octanol–water partition coefficient (Wildman–Crippen LogP) is 2.14. The van der Waals surface area contributed by atoms with Crippen LogP contribution in [0.4, 0.5) is 0 Å². The molecule has 12 heavy (non-hydrogen) atoms. The number of carboxylic acid groups (broad SMARTS) is 1. The quantitative estimate of drug-likeness (QED) is 0.651. The summed E-state index contributed by atoms with van der Waals surface area (Å²) in [6, 6.07) is 0. The molecule has 0 amide bonds. The Labute approximate surface area is 73.0 Å². The molecular formula is C10H16O2. The molecule has 2 bridgehead atoms. The van der Waals surface area contributed by atoms with E-state index in [2.05, 4.69) is 13.8 Å². The summed E-state index contributed by atoms with van der Waals surface area (Å²) in [6.07, 6.45) is 3.55. The summed E-state index contributed by atoms with van der Waals surface area (Å²) in [5.41, 5.74) is 0.0503. The van der Waals surface area contributed by atoms with Crippen LogP contribution in [0.15, 0.2) is 0 Å². The van der Waals surface area contributed by atoms with Gasteiger partial charge in [0.05, 0.1) is 5.92 Å². The Hall–Kier alpha value is -0.530. The summed E-state index contributed by atoms with van der Waals surface area (Å²) < 4.78 is 0. The molecule has 0 heterocycles. The molecule has 2 aliphatic rings. The third-order valence-electron chi connectivity index (χ3n) is 4.06. The van der Waals surface area contributed by atoms with Crippen molar-refractivity contribution in [1.29, 1.82) is 0 Å². The molecule has 0 radical (unpaired) electrons. The molecule has 2 saturated carbocycles. The van der Waals surface area contributed by atoms with Gasteiger partial charge in [0.15, 0.2) is 0 Å². The average Bonchev–Trinajstić information content (AvgIpc) is 2.41. The molecule has 3 atom stereocenters. The van der Waals surface area contributed by atoms with E-state index in [4.69, 9.17) is 5.11 Å². The van der Waals surface area contributed by atoms with Crippen molar-refractivity contribution in [3.8, 4) is 0 Å². The number of hydrogen-bond donors (Lipinski definition) is 1. The lowest BCUT2D eigenvalue weighted by Gasteiger charge is -2.35. The Kier molecular flexibility index (Phi) is 1.51. The summed E-state index contributed by atoms with van der Waals surface area (Å²) in [5, 5.41) is 9.07. The third-order valence-corrected chi connectivity index (χ3v) is 4.06. The lowest BCUT2D eigenvalue weighted by Crippen LogP contribution is -2.36. The number of fused-ring (bicyclic) bond motifs is 2. The molecule has 2 aliphatic carbocycles. The Morgan fingerprint density at radius 3 is 2.42 bits per heavy atom. The second kappa shape index (κ2) is 2.24. The van der Waals surface area contributed by atoms with E-state index < -0.39 is 5.97 Å². The van der Waals surface area contributed by atoms with Crippen LogP contribution in [0.2, 0.25) is 0 Å². The maximum atomic E-state index is 11.0. The number of hydrogen-bond acceptors (Lipinski definition) is 1. The van der Waals surface area contributed by atoms with Gasteiger partial charge in [-0.15, -0.1) is 0 Å². The first-order valence-corrected chi connectivity index (χ1v) is 4.76. The second-order valence-corrected chi connectivity index (χ2v) is 4.91. The van der Waals surface area contributed by atoms with Crippen molar-refractivity contribution in [2.45, 2.75) is 33.1 Å². The van der Waals surface area contributed by atoms with E-state index in [1.54, 1.807) is 0 Å². The standard InChI is InChI=1S/C10H16O2/c1-10(2)7-4-3-6(5-7)8(10)9(11)12/h6-8H,3-5H2,1-2H3,(H,11,12). The molecule has 0 aromatic carbocycles. The van der Waals surface area contributed by atoms with Gasteiger partial charge in [0, 0.05) is 0 Å². The Morgan fingerprint density at radius 1 is 1.42 bits per heavy atom. The lowest BCUT2D eigenvalue weighted by molar-refractivity contribution is -0.148. The molecule has 0 spiro atoms. The Balaban J connectivity index is 2.29. The van der Waals surface area contributed by atoms with Crippen molar-refractivity contribution >= 4 is 5.97 Å². The van der Waals surface area contributed by atoms with E-state index in [1.807, 2.05) is 0 Å². The van der Waals surface area contributed by atoms with Gasteiger partial charge in [0.25, 0.3) is 0 Å². The summed E-state index contributed by atoms with van der Waals surface area (Å²) in [6.45, 7) is 4.24. The van der Waals surface area contributed by atoms with Crippen LogP contribution in [0.5, 0.6) is 0 Å². The molecular weight excluding hydrogens is 152 g/mol. The molecule has 2 fully saturated rings. The van der Waals surface area contributed by atoms with Gasteiger partial charge < -0.3 is 5.11 Å². The van der Waals surface area contributed by atoms with Crippen molar-refractivity contribution in [2.24, 2.45) is 23.2 Å². The Bertz CT molecular complexity index is 220. The lowest BCUT2D eigenvalue weighted by atomic mass is 9.69. The highest BCUT2D eigenvalue weighted by molar-refractivity contribution is 5.72. The summed E-state index contributed by atoms with van der Waals surface area (Å²) in [4.78, 5) is 11.0. The van der Waals surface area contributed by atoms with Gasteiger partial charge in [0.1, 0.15) is 0 Å². The van der Waals surface area contributed by atoms with Gasteiger partial charge in [-0.25, -0.2) is 0 Å². The maximum absolute atomic E-state index is 11.0. The first-order chi connectivity index (χ1) is 5.53. The van der Waals surface area contributed by atoms with E-state index in [0.29, 0.717) is 11.8 Å². The van der Waals surface area contributed by atoms with Crippen LogP contribution in [0.25, 0.3) is 0 Å². The minimum absolute atomic E-state index is 0.0503. The average molecular weight is 168 g/mol. The van der Waals surface area contributed by atoms with E-state index in [-0.39, 0.29) is 11.3 Å². The fourth-order valence-corrected chi connectivity index (χ4v) is 3.38. The van der Waals surface area contributed by atoms with Crippen molar-refractivity contribution in [3.63, 3.8) is 0 Å². The van der Waals surface area contributed by atoms with E-state index >= 15 is 0 Å². The van der Waals surface area contributed by atoms with Crippen LogP contribution < -0.4 is 0 Å². The van der Waals surface area contributed by atoms with Gasteiger partial charge >= 0.3 is 5.97 Å². The highest BCUT2D eigenvalue weighted by Gasteiger charge is 2.55. The Morgan fingerprint density at radius 2 is 2.08 bits per heavy atom. The summed E-state index contributed by atoms with van der Waals surface area (Å²) in [5.74, 6) is 0.495. The number of carboxylic acids is 1. The predicted molar refractivity (Wildman–Crippen MR) is 45.7 cm³/mol. The van der Waals surface area contributed by atoms with Crippen LogP contribution in [0, 0.1) is 23.2 Å². The molecule has 2 heteroatoms. The maximum Gasteiger partial charge on any atom is 0.307 e. The van der Waals surface area contributed by atoms with Gasteiger partial charge in [-0.1, -0.05) is 13.8 Å². The van der Waals surface area contributed by atoms with Crippen LogP contribution in [-0.4, -0.2) is 11.1 Å². The van der Waals surface area contributed by atoms with Gasteiger partial charge in [-0.2, -0.15) is 0 Å². The molecule has 0 aromatic heterocycles. The minimum atomic E-state index is -0.577. The highest BCUT2D eigenvalue weighted by atomic mass is 16.4. The highest BCUT2D eigenvalue weighted by Crippen LogP contribution is 2.59. The molecule has 3 unspecified atom stereocenters. The normalized spacial score (nSPS) is 43.3. The molecule has 2 rings (SSSR count). The second-order valence-electron chi connectivity index (χ2n) is 4.91. The molecule has 0 aromatic rings. The summed E-state index contributed by atoms with van der Waals surface area (Å²) >= 11 is 0. The molecule has 1 N–H and O–H groups in total. The fourth-order valence-electron chi connectivity index (χ4n) is 3.38. The molecule has 2 nitrogen and oxygen atoms in total. The van der Waals surface area contributed by atoms with Crippen LogP contribution in [-0.2, 0) is 4.79 Å². The zero-order valence-corrected chi connectivity index (χ0v) is 7.71. The molecule has 0 saturated heterocycles. The van der Waals surface area contributed by atoms with E-state index in [9.17, 15) is 4.79 Å². The van der Waals surface area contributed by atoms with Crippen LogP contribution >= 0.6 is 0 Å². The van der Waals surface area contributed by atoms with Crippen molar-refractivity contribution in [2.75, 3.05) is 0 Å². The topological polar surface area (TPSA) is 37.3 Å². The van der Waals surface area contributed by atoms with Crippen LogP contribution in [0.3, 0.4) is 0 Å². The zero-order valence-electron chi connectivity index (χ0n) is 7.71. The molecule has 68 valence electrons. The number of carbonyl (C=O) groups is 1. The van der Waals surface area contributed by atoms with Crippen molar-refractivity contribution in [1.82, 2.24) is 0 Å². The minimum Gasteiger partial charge on any atom is -0.481 e. The van der Waals surface area contributed by atoms with Gasteiger partial charge in [-0.05, 0) is 36.5 Å². The SMILES string of the molecule is CC1(C)C2CCC(C2)C1C(=O)O. The monoisotopic (exact) mass is 168 g/mol. The first-order valence-electron chi connectivity index (χ1n) is 4.76. The number of rotatable bonds is 1. The van der Waals surface area contributed by atoms with Crippen LogP contribution in [0.1, 0.15) is 33.1 Å². The molecule has 0 aliphatic heterocycles. The van der Waals surface area contributed by atoms with E-state index in [0.717, 1.165) is 12.8 Å². The fraction of sp³-hybridized carbons (Fsp3) is 0.900. The first kappa shape index (κ1) is 8.09. The van der Waals surface area contributed by atoms with Crippen molar-refractivity contribution in [3.05, 3.63) is 0 Å². The third kappa shape index (κ3) is 0.838. The number of aliphatic carboxylic acids is 1. The smallest absolute Gasteiger partial charge is 0.307 e. The largest absolute Gasteiger partial charge is 0.481 e. The zero-order chi connectivity index (χ0) is 8.93. The van der Waals surface area contributed by atoms with Gasteiger partial charge in [-0.3, -0.25) is 4.79 Å². The summed E-state index contributed by atoms with van der Waals surface area (Å²) in [7, 11) is 0.